The minimum Gasteiger partial charge on any atom is -0.197 e. The first-order valence-electron chi connectivity index (χ1n) is 11.2. The fourth-order valence-electron chi connectivity index (χ4n) is 5.97. The highest BCUT2D eigenvalue weighted by molar-refractivity contribution is 9.10. The molecule has 0 aliphatic heterocycles. The monoisotopic (exact) mass is 532 g/mol. The van der Waals surface area contributed by atoms with Gasteiger partial charge in [-0.15, -0.1) is 0 Å². The van der Waals surface area contributed by atoms with Crippen molar-refractivity contribution in [2.45, 2.75) is 36.0 Å². The molecule has 0 atom stereocenters. The molecular formula is C29H22BrFS2. The lowest BCUT2D eigenvalue weighted by molar-refractivity contribution is 0.737. The van der Waals surface area contributed by atoms with Gasteiger partial charge in [0.15, 0.2) is 0 Å². The van der Waals surface area contributed by atoms with Crippen LogP contribution in [0.25, 0.3) is 11.1 Å². The highest BCUT2D eigenvalue weighted by atomic mass is 79.9. The van der Waals surface area contributed by atoms with E-state index in [4.69, 9.17) is 0 Å². The van der Waals surface area contributed by atoms with Gasteiger partial charge in [-0.2, -0.15) is 17.4 Å². The van der Waals surface area contributed by atoms with Crippen molar-refractivity contribution in [2.75, 3.05) is 0 Å². The van der Waals surface area contributed by atoms with Gasteiger partial charge in [0.2, 0.25) is 0 Å². The molecule has 0 saturated heterocycles. The molecular weight excluding hydrogens is 511 g/mol. The summed E-state index contributed by atoms with van der Waals surface area (Å²) >= 11 is 4.08. The number of halogens is 2. The van der Waals surface area contributed by atoms with Crippen molar-refractivity contribution in [3.05, 3.63) is 122 Å². The molecule has 3 aliphatic carbocycles. The van der Waals surface area contributed by atoms with E-state index in [0.717, 1.165) is 17.3 Å². The lowest BCUT2D eigenvalue weighted by Gasteiger charge is -2.37. The molecule has 0 unspecified atom stereocenters. The van der Waals surface area contributed by atoms with E-state index in [9.17, 15) is 3.89 Å². The summed E-state index contributed by atoms with van der Waals surface area (Å²) in [5.74, 6) is 0. The van der Waals surface area contributed by atoms with Crippen LogP contribution >= 0.6 is 41.6 Å². The number of rotatable bonds is 3. The van der Waals surface area contributed by atoms with Crippen molar-refractivity contribution < 1.29 is 3.89 Å². The Morgan fingerprint density at radius 2 is 1.18 bits per heavy atom. The van der Waals surface area contributed by atoms with Crippen LogP contribution in [-0.2, 0) is 31.1 Å². The quantitative estimate of drug-likeness (QED) is 0.226. The Labute approximate surface area is 213 Å². The summed E-state index contributed by atoms with van der Waals surface area (Å²) in [5, 5.41) is 0. The van der Waals surface area contributed by atoms with Crippen molar-refractivity contribution >= 4 is 41.6 Å². The van der Waals surface area contributed by atoms with Crippen LogP contribution in [0.4, 0.5) is 3.89 Å². The number of fused-ring (bicyclic) bond motifs is 5. The lowest BCUT2D eigenvalue weighted by Crippen LogP contribution is -2.30. The topological polar surface area (TPSA) is 0 Å². The number of aryl methyl sites for hydroxylation is 4. The summed E-state index contributed by atoms with van der Waals surface area (Å²) in [6.07, 6.45) is 4.62. The Morgan fingerprint density at radius 1 is 0.636 bits per heavy atom. The molecule has 7 rings (SSSR count). The number of hydrogen-bond acceptors (Lipinski definition) is 1. The maximum Gasteiger partial charge on any atom is 0.0812 e. The molecule has 4 aromatic rings. The van der Waals surface area contributed by atoms with Crippen molar-refractivity contribution in [1.82, 2.24) is 0 Å². The van der Waals surface area contributed by atoms with E-state index in [1.54, 1.807) is 0 Å². The van der Waals surface area contributed by atoms with Crippen molar-refractivity contribution in [2.24, 2.45) is 0 Å². The minimum atomic E-state index is -0.449. The van der Waals surface area contributed by atoms with Gasteiger partial charge in [0.1, 0.15) is 0 Å². The first kappa shape index (κ1) is 21.5. The van der Waals surface area contributed by atoms with E-state index in [0.29, 0.717) is 17.0 Å². The zero-order valence-corrected chi connectivity index (χ0v) is 21.3. The summed E-state index contributed by atoms with van der Waals surface area (Å²) < 4.78 is 14.9. The van der Waals surface area contributed by atoms with Crippen LogP contribution in [0, 0.1) is 0 Å². The predicted octanol–water partition coefficient (Wildman–Crippen LogP) is 8.10. The molecule has 0 radical (unpaired) electrons. The van der Waals surface area contributed by atoms with Gasteiger partial charge in [-0.25, -0.2) is 0 Å². The van der Waals surface area contributed by atoms with Crippen LogP contribution in [0.15, 0.2) is 82.2 Å². The Hall–Kier alpha value is -2.01. The second-order valence-corrected chi connectivity index (χ2v) is 10.7. The van der Waals surface area contributed by atoms with Crippen LogP contribution in [0.5, 0.6) is 0 Å². The molecule has 33 heavy (non-hydrogen) atoms. The fourth-order valence-corrected chi connectivity index (χ4v) is 6.61. The lowest BCUT2D eigenvalue weighted by atomic mass is 9.65. The SMILES string of the molecule is FSc1ccc2c(c1)C(c1ccc3c(c1)CC3)(c1ccc3c(c1)CC3)c1cc(Br)ccc1-2.S. The second kappa shape index (κ2) is 7.76. The first-order chi connectivity index (χ1) is 15.7. The first-order valence-corrected chi connectivity index (χ1v) is 12.7. The molecule has 0 N–H and O–H groups in total. The van der Waals surface area contributed by atoms with Crippen molar-refractivity contribution in [3.8, 4) is 11.1 Å². The van der Waals surface area contributed by atoms with Gasteiger partial charge in [0.25, 0.3) is 0 Å². The molecule has 0 aromatic heterocycles. The van der Waals surface area contributed by atoms with E-state index >= 15 is 0 Å². The Balaban J connectivity index is 0.00000206. The van der Waals surface area contributed by atoms with Crippen LogP contribution in [0.1, 0.15) is 44.5 Å². The third-order valence-corrected chi connectivity index (χ3v) is 8.69. The summed E-state index contributed by atoms with van der Waals surface area (Å²) in [4.78, 5) is 0.660. The van der Waals surface area contributed by atoms with Gasteiger partial charge in [0.05, 0.1) is 17.6 Å². The molecule has 0 heterocycles. The second-order valence-electron chi connectivity index (χ2n) is 9.19. The molecule has 0 spiro atoms. The maximum atomic E-state index is 13.8. The molecule has 4 heteroatoms. The average Bonchev–Trinajstić information content (AvgIpc) is 3.05. The molecule has 0 fully saturated rings. The van der Waals surface area contributed by atoms with Gasteiger partial charge >= 0.3 is 0 Å². The molecule has 0 nitrogen and oxygen atoms in total. The van der Waals surface area contributed by atoms with E-state index in [2.05, 4.69) is 82.7 Å². The number of hydrogen-bond donors (Lipinski definition) is 0. The van der Waals surface area contributed by atoms with Crippen molar-refractivity contribution in [3.63, 3.8) is 0 Å². The zero-order chi connectivity index (χ0) is 21.4. The highest BCUT2D eigenvalue weighted by Gasteiger charge is 2.47. The van der Waals surface area contributed by atoms with E-state index in [1.165, 1.54) is 68.5 Å². The molecule has 0 bridgehead atoms. The summed E-state index contributed by atoms with van der Waals surface area (Å²) in [7, 11) is 0. The zero-order valence-electron chi connectivity index (χ0n) is 17.9. The minimum absolute atomic E-state index is 0. The molecule has 0 saturated carbocycles. The molecule has 0 amide bonds. The van der Waals surface area contributed by atoms with Gasteiger partial charge in [-0.05, 0) is 106 Å². The summed E-state index contributed by atoms with van der Waals surface area (Å²) in [6.45, 7) is 0. The number of benzene rings is 4. The predicted molar refractivity (Wildman–Crippen MR) is 144 cm³/mol. The van der Waals surface area contributed by atoms with Crippen LogP contribution in [-0.4, -0.2) is 0 Å². The Kier molecular flexibility index (Phi) is 5.06. The van der Waals surface area contributed by atoms with Gasteiger partial charge in [-0.1, -0.05) is 64.5 Å². The van der Waals surface area contributed by atoms with E-state index < -0.39 is 5.41 Å². The maximum absolute atomic E-state index is 13.8. The third kappa shape index (κ3) is 2.90. The van der Waals surface area contributed by atoms with Crippen LogP contribution < -0.4 is 0 Å². The Morgan fingerprint density at radius 3 is 1.70 bits per heavy atom. The highest BCUT2D eigenvalue weighted by Crippen LogP contribution is 2.58. The van der Waals surface area contributed by atoms with E-state index in [-0.39, 0.29) is 13.5 Å². The fraction of sp³-hybridized carbons (Fsp3) is 0.172. The van der Waals surface area contributed by atoms with E-state index in [1.807, 2.05) is 6.07 Å². The van der Waals surface area contributed by atoms with Crippen LogP contribution in [0.3, 0.4) is 0 Å². The third-order valence-electron chi connectivity index (χ3n) is 7.77. The molecule has 3 aliphatic rings. The standard InChI is InChI=1S/C29H20BrFS.H2S/c30-23-9-11-25-26-12-10-24(32-31)16-28(26)29(27(25)15-23,21-7-5-17-1-3-19(17)13-21)22-8-6-18-2-4-20(18)14-22;/h5-16H,1-4H2;1H2. The normalized spacial score (nSPS) is 15.8. The average molecular weight is 534 g/mol. The van der Waals surface area contributed by atoms with Gasteiger partial charge in [0, 0.05) is 9.37 Å². The Bertz CT molecular complexity index is 1390. The smallest absolute Gasteiger partial charge is 0.0812 e. The van der Waals surface area contributed by atoms with Gasteiger partial charge < -0.3 is 0 Å². The van der Waals surface area contributed by atoms with Gasteiger partial charge in [-0.3, -0.25) is 0 Å². The van der Waals surface area contributed by atoms with Crippen LogP contribution in [0.2, 0.25) is 0 Å². The summed E-state index contributed by atoms with van der Waals surface area (Å²) in [5.41, 5.74) is 12.9. The van der Waals surface area contributed by atoms with Crippen molar-refractivity contribution in [1.29, 1.82) is 0 Å². The molecule has 4 aromatic carbocycles. The largest absolute Gasteiger partial charge is 0.197 e. The molecule has 164 valence electrons. The summed E-state index contributed by atoms with van der Waals surface area (Å²) in [6, 6.07) is 26.7.